The van der Waals surface area contributed by atoms with E-state index in [0.29, 0.717) is 11.6 Å². The first kappa shape index (κ1) is 16.9. The van der Waals surface area contributed by atoms with Crippen molar-refractivity contribution < 1.29 is 4.79 Å². The van der Waals surface area contributed by atoms with Crippen LogP contribution in [0.3, 0.4) is 0 Å². The predicted octanol–water partition coefficient (Wildman–Crippen LogP) is 3.55. The van der Waals surface area contributed by atoms with Gasteiger partial charge in [-0.1, -0.05) is 43.1 Å². The molecule has 0 saturated carbocycles. The zero-order valence-corrected chi connectivity index (χ0v) is 14.2. The van der Waals surface area contributed by atoms with Crippen molar-refractivity contribution in [2.75, 3.05) is 13.1 Å². The third-order valence-electron chi connectivity index (χ3n) is 3.25. The van der Waals surface area contributed by atoms with Gasteiger partial charge in [-0.25, -0.2) is 4.98 Å². The van der Waals surface area contributed by atoms with Crippen molar-refractivity contribution in [1.82, 2.24) is 9.88 Å². The van der Waals surface area contributed by atoms with Crippen LogP contribution in [0, 0.1) is 0 Å². The lowest BCUT2D eigenvalue weighted by molar-refractivity contribution is -0.119. The van der Waals surface area contributed by atoms with Crippen molar-refractivity contribution >= 4 is 28.8 Å². The molecule has 118 valence electrons. The van der Waals surface area contributed by atoms with Crippen molar-refractivity contribution in [3.05, 3.63) is 40.4 Å². The van der Waals surface area contributed by atoms with Gasteiger partial charge in [0, 0.05) is 17.5 Å². The Morgan fingerprint density at radius 3 is 2.86 bits per heavy atom. The summed E-state index contributed by atoms with van der Waals surface area (Å²) in [7, 11) is 0. The van der Waals surface area contributed by atoms with Crippen LogP contribution in [0.15, 0.2) is 29.6 Å². The summed E-state index contributed by atoms with van der Waals surface area (Å²) >= 11 is 7.77. The molecule has 6 heteroatoms. The Labute approximate surface area is 139 Å². The molecule has 0 fully saturated rings. The molecule has 0 bridgehead atoms. The molecule has 0 atom stereocenters. The molecule has 4 nitrogen and oxygen atoms in total. The van der Waals surface area contributed by atoms with E-state index < -0.39 is 0 Å². The second kappa shape index (κ2) is 8.27. The van der Waals surface area contributed by atoms with Crippen LogP contribution >= 0.6 is 22.9 Å². The van der Waals surface area contributed by atoms with Crippen molar-refractivity contribution in [3.8, 4) is 10.6 Å². The molecule has 1 amide bonds. The lowest BCUT2D eigenvalue weighted by Gasteiger charge is -2.19. The maximum atomic E-state index is 11.2. The van der Waals surface area contributed by atoms with Gasteiger partial charge in [0.1, 0.15) is 5.01 Å². The lowest BCUT2D eigenvalue weighted by atomic mass is 10.2. The van der Waals surface area contributed by atoms with Gasteiger partial charge in [0.05, 0.1) is 17.3 Å². The van der Waals surface area contributed by atoms with Gasteiger partial charge in [0.2, 0.25) is 5.91 Å². The number of carbonyl (C=O) groups is 1. The average molecular weight is 338 g/mol. The van der Waals surface area contributed by atoms with Gasteiger partial charge < -0.3 is 5.73 Å². The topological polar surface area (TPSA) is 59.2 Å². The Balaban J connectivity index is 2.09. The van der Waals surface area contributed by atoms with E-state index in [0.717, 1.165) is 35.7 Å². The van der Waals surface area contributed by atoms with Crippen LogP contribution in [0.25, 0.3) is 10.6 Å². The number of nitrogens with two attached hydrogens (primary N) is 1. The molecule has 0 saturated heterocycles. The summed E-state index contributed by atoms with van der Waals surface area (Å²) in [5.41, 5.74) is 7.20. The molecule has 1 aromatic heterocycles. The highest BCUT2D eigenvalue weighted by atomic mass is 35.5. The third kappa shape index (κ3) is 4.80. The van der Waals surface area contributed by atoms with Gasteiger partial charge >= 0.3 is 0 Å². The van der Waals surface area contributed by atoms with E-state index in [2.05, 4.69) is 11.9 Å². The van der Waals surface area contributed by atoms with Gasteiger partial charge in [-0.2, -0.15) is 0 Å². The van der Waals surface area contributed by atoms with E-state index in [-0.39, 0.29) is 12.5 Å². The number of amides is 1. The van der Waals surface area contributed by atoms with Crippen LogP contribution in [0.2, 0.25) is 5.02 Å². The predicted molar refractivity (Wildman–Crippen MR) is 91.9 cm³/mol. The fourth-order valence-corrected chi connectivity index (χ4v) is 3.31. The zero-order valence-electron chi connectivity index (χ0n) is 12.6. The molecule has 1 aromatic carbocycles. The number of aromatic nitrogens is 1. The van der Waals surface area contributed by atoms with Crippen LogP contribution < -0.4 is 5.73 Å². The maximum absolute atomic E-state index is 11.2. The highest BCUT2D eigenvalue weighted by Crippen LogP contribution is 2.30. The van der Waals surface area contributed by atoms with Gasteiger partial charge in [0.25, 0.3) is 0 Å². The molecule has 0 aliphatic carbocycles. The smallest absolute Gasteiger partial charge is 0.231 e. The fourth-order valence-electron chi connectivity index (χ4n) is 2.18. The molecule has 0 aliphatic heterocycles. The summed E-state index contributed by atoms with van der Waals surface area (Å²) in [6, 6.07) is 7.67. The number of unbranched alkanes of at least 4 members (excludes halogenated alkanes) is 1. The number of benzene rings is 1. The van der Waals surface area contributed by atoms with Crippen molar-refractivity contribution in [3.63, 3.8) is 0 Å². The number of hydrogen-bond acceptors (Lipinski definition) is 4. The van der Waals surface area contributed by atoms with Crippen LogP contribution in [-0.2, 0) is 11.3 Å². The minimum atomic E-state index is -0.308. The molecule has 2 aromatic rings. The van der Waals surface area contributed by atoms with E-state index in [1.807, 2.05) is 34.5 Å². The second-order valence-corrected chi connectivity index (χ2v) is 6.42. The maximum Gasteiger partial charge on any atom is 0.231 e. The van der Waals surface area contributed by atoms with Crippen LogP contribution in [0.1, 0.15) is 25.5 Å². The van der Waals surface area contributed by atoms with Crippen LogP contribution in [0.5, 0.6) is 0 Å². The number of thiazole rings is 1. The Hall–Kier alpha value is -1.43. The number of halogens is 1. The number of primary amides is 1. The van der Waals surface area contributed by atoms with E-state index in [9.17, 15) is 4.79 Å². The summed E-state index contributed by atoms with van der Waals surface area (Å²) in [6.45, 7) is 3.86. The van der Waals surface area contributed by atoms with E-state index >= 15 is 0 Å². The summed E-state index contributed by atoms with van der Waals surface area (Å²) in [6.07, 6.45) is 2.12. The SMILES string of the molecule is CCCCN(CC(N)=O)Cc1csc(-c2ccccc2Cl)n1. The lowest BCUT2D eigenvalue weighted by Crippen LogP contribution is -2.34. The minimum absolute atomic E-state index is 0.263. The van der Waals surface area contributed by atoms with Crippen LogP contribution in [0.4, 0.5) is 0 Å². The fraction of sp³-hybridized carbons (Fsp3) is 0.375. The number of rotatable bonds is 8. The molecule has 0 aliphatic rings. The first-order valence-corrected chi connectivity index (χ1v) is 8.56. The first-order valence-electron chi connectivity index (χ1n) is 7.30. The Kier molecular flexibility index (Phi) is 6.36. The molecular formula is C16H20ClN3OS. The highest BCUT2D eigenvalue weighted by molar-refractivity contribution is 7.13. The summed E-state index contributed by atoms with van der Waals surface area (Å²) < 4.78 is 0. The third-order valence-corrected chi connectivity index (χ3v) is 4.50. The van der Waals surface area contributed by atoms with Gasteiger partial charge in [-0.15, -0.1) is 11.3 Å². The molecule has 0 spiro atoms. The molecule has 22 heavy (non-hydrogen) atoms. The Bertz CT molecular complexity index is 629. The molecular weight excluding hydrogens is 318 g/mol. The Morgan fingerprint density at radius 2 is 2.18 bits per heavy atom. The second-order valence-electron chi connectivity index (χ2n) is 5.15. The van der Waals surface area contributed by atoms with Crippen LogP contribution in [-0.4, -0.2) is 28.9 Å². The normalized spacial score (nSPS) is 11.0. The zero-order chi connectivity index (χ0) is 15.9. The quantitative estimate of drug-likeness (QED) is 0.801. The molecule has 1 heterocycles. The van der Waals surface area contributed by atoms with E-state index in [4.69, 9.17) is 17.3 Å². The molecule has 2 N–H and O–H groups in total. The standard InChI is InChI=1S/C16H20ClN3OS/c1-2-3-8-20(10-15(18)21)9-12-11-22-16(19-12)13-6-4-5-7-14(13)17/h4-7,11H,2-3,8-10H2,1H3,(H2,18,21). The molecule has 2 rings (SSSR count). The van der Waals surface area contributed by atoms with E-state index in [1.165, 1.54) is 0 Å². The largest absolute Gasteiger partial charge is 0.369 e. The van der Waals surface area contributed by atoms with Gasteiger partial charge in [0.15, 0.2) is 0 Å². The van der Waals surface area contributed by atoms with Crippen molar-refractivity contribution in [2.24, 2.45) is 5.73 Å². The number of carbonyl (C=O) groups excluding carboxylic acids is 1. The highest BCUT2D eigenvalue weighted by Gasteiger charge is 2.13. The minimum Gasteiger partial charge on any atom is -0.369 e. The van der Waals surface area contributed by atoms with E-state index in [1.54, 1.807) is 11.3 Å². The Morgan fingerprint density at radius 1 is 1.41 bits per heavy atom. The summed E-state index contributed by atoms with van der Waals surface area (Å²) in [5.74, 6) is -0.308. The molecule has 0 radical (unpaired) electrons. The summed E-state index contributed by atoms with van der Waals surface area (Å²) in [5, 5.41) is 3.61. The van der Waals surface area contributed by atoms with Gasteiger partial charge in [-0.3, -0.25) is 9.69 Å². The summed E-state index contributed by atoms with van der Waals surface area (Å²) in [4.78, 5) is 17.9. The van der Waals surface area contributed by atoms with Crippen molar-refractivity contribution in [2.45, 2.75) is 26.3 Å². The number of hydrogen-bond donors (Lipinski definition) is 1. The van der Waals surface area contributed by atoms with Gasteiger partial charge in [-0.05, 0) is 19.0 Å². The average Bonchev–Trinajstić information content (AvgIpc) is 2.93. The van der Waals surface area contributed by atoms with Crippen molar-refractivity contribution in [1.29, 1.82) is 0 Å². The number of nitrogens with zero attached hydrogens (tertiary/aromatic N) is 2. The monoisotopic (exact) mass is 337 g/mol. The first-order chi connectivity index (χ1) is 10.6. The molecule has 0 unspecified atom stereocenters.